The van der Waals surface area contributed by atoms with Crippen LogP contribution in [0.15, 0.2) is 60.8 Å². The third kappa shape index (κ3) is 6.75. The Balaban J connectivity index is 1.54. The van der Waals surface area contributed by atoms with E-state index in [1.807, 2.05) is 37.3 Å². The molecule has 1 amide bonds. The summed E-state index contributed by atoms with van der Waals surface area (Å²) in [5.74, 6) is -0.172. The number of piperidine rings is 1. The number of aliphatic hydroxyl groups excluding tert-OH is 1. The van der Waals surface area contributed by atoms with Crippen molar-refractivity contribution in [2.75, 3.05) is 26.7 Å². The first-order chi connectivity index (χ1) is 16.9. The minimum absolute atomic E-state index is 0.172. The van der Waals surface area contributed by atoms with E-state index in [0.29, 0.717) is 24.8 Å². The molecule has 0 bridgehead atoms. The average Bonchev–Trinajstić information content (AvgIpc) is 2.88. The van der Waals surface area contributed by atoms with Crippen molar-refractivity contribution < 1.29 is 14.6 Å². The van der Waals surface area contributed by atoms with Crippen molar-refractivity contribution in [1.29, 1.82) is 0 Å². The number of nitrogens with zero attached hydrogens (tertiary/aromatic N) is 2. The van der Waals surface area contributed by atoms with Crippen molar-refractivity contribution in [3.8, 4) is 11.1 Å². The smallest absolute Gasteiger partial charge is 0.251 e. The van der Waals surface area contributed by atoms with Crippen LogP contribution in [0.4, 0.5) is 0 Å². The van der Waals surface area contributed by atoms with E-state index in [1.165, 1.54) is 5.56 Å². The normalized spacial score (nSPS) is 15.7. The number of β-amino-alcohol motifs (C(OH)–C–C–N with tert-alkyl or cyclic N) is 1. The van der Waals surface area contributed by atoms with E-state index >= 15 is 0 Å². The monoisotopic (exact) mass is 473 g/mol. The molecule has 2 aromatic carbocycles. The average molecular weight is 474 g/mol. The topological polar surface area (TPSA) is 74.7 Å². The van der Waals surface area contributed by atoms with E-state index < -0.39 is 6.10 Å². The number of aliphatic hydroxyl groups is 1. The van der Waals surface area contributed by atoms with Crippen molar-refractivity contribution in [2.24, 2.45) is 0 Å². The SMILES string of the molecule is COC1CCN(CC(O)c2cc(C(=O)NCc3ccc(C)nc3)cc(-c3ccc(C)cc3)c2)CC1. The molecule has 1 fully saturated rings. The zero-order valence-corrected chi connectivity index (χ0v) is 20.8. The van der Waals surface area contributed by atoms with E-state index in [4.69, 9.17) is 4.74 Å². The molecule has 0 spiro atoms. The lowest BCUT2D eigenvalue weighted by molar-refractivity contribution is 0.0242. The highest BCUT2D eigenvalue weighted by Crippen LogP contribution is 2.27. The number of likely N-dealkylation sites (tertiary alicyclic amines) is 1. The van der Waals surface area contributed by atoms with Crippen LogP contribution in [0.2, 0.25) is 0 Å². The molecule has 3 aromatic rings. The standard InChI is InChI=1S/C29H35N3O3/c1-20-4-8-23(9-5-20)24-14-25(28(33)19-32-12-10-27(35-3)11-13-32)16-26(15-24)29(34)31-18-22-7-6-21(2)30-17-22/h4-9,14-17,27-28,33H,10-13,18-19H2,1-3H3,(H,31,34). The number of amides is 1. The molecular weight excluding hydrogens is 438 g/mol. The zero-order valence-electron chi connectivity index (χ0n) is 20.8. The maximum absolute atomic E-state index is 13.1. The maximum atomic E-state index is 13.1. The maximum Gasteiger partial charge on any atom is 0.251 e. The van der Waals surface area contributed by atoms with E-state index in [2.05, 4.69) is 46.4 Å². The van der Waals surface area contributed by atoms with Crippen LogP contribution in [-0.2, 0) is 11.3 Å². The van der Waals surface area contributed by atoms with Crippen molar-refractivity contribution in [3.63, 3.8) is 0 Å². The molecule has 2 N–H and O–H groups in total. The first kappa shape index (κ1) is 25.0. The fraction of sp³-hybridized carbons (Fsp3) is 0.379. The second kappa shape index (κ2) is 11.6. The molecule has 1 aliphatic heterocycles. The van der Waals surface area contributed by atoms with Gasteiger partial charge in [0, 0.05) is 50.7 Å². The van der Waals surface area contributed by atoms with Gasteiger partial charge in [0.05, 0.1) is 12.2 Å². The number of carbonyl (C=O) groups is 1. The third-order valence-corrected chi connectivity index (χ3v) is 6.71. The molecule has 0 radical (unpaired) electrons. The molecule has 6 heteroatoms. The minimum Gasteiger partial charge on any atom is -0.387 e. The third-order valence-electron chi connectivity index (χ3n) is 6.71. The predicted octanol–water partition coefficient (Wildman–Crippen LogP) is 4.44. The Hall–Kier alpha value is -3.06. The lowest BCUT2D eigenvalue weighted by Gasteiger charge is -2.32. The summed E-state index contributed by atoms with van der Waals surface area (Å²) in [6.45, 7) is 6.70. The lowest BCUT2D eigenvalue weighted by Crippen LogP contribution is -2.39. The van der Waals surface area contributed by atoms with Gasteiger partial charge in [-0.05, 0) is 73.2 Å². The summed E-state index contributed by atoms with van der Waals surface area (Å²) in [7, 11) is 1.76. The van der Waals surface area contributed by atoms with Gasteiger partial charge in [0.1, 0.15) is 0 Å². The summed E-state index contributed by atoms with van der Waals surface area (Å²) < 4.78 is 5.47. The zero-order chi connectivity index (χ0) is 24.8. The number of benzene rings is 2. The molecular formula is C29H35N3O3. The first-order valence-corrected chi connectivity index (χ1v) is 12.3. The number of rotatable bonds is 8. The van der Waals surface area contributed by atoms with Crippen LogP contribution in [0.1, 0.15) is 51.7 Å². The molecule has 6 nitrogen and oxygen atoms in total. The highest BCUT2D eigenvalue weighted by atomic mass is 16.5. The molecule has 0 aliphatic carbocycles. The van der Waals surface area contributed by atoms with Gasteiger partial charge in [0.25, 0.3) is 5.91 Å². The van der Waals surface area contributed by atoms with Crippen molar-refractivity contribution >= 4 is 5.91 Å². The van der Waals surface area contributed by atoms with Gasteiger partial charge in [-0.15, -0.1) is 0 Å². The van der Waals surface area contributed by atoms with Gasteiger partial charge in [0.2, 0.25) is 0 Å². The Morgan fingerprint density at radius 3 is 2.49 bits per heavy atom. The molecule has 1 unspecified atom stereocenters. The molecule has 35 heavy (non-hydrogen) atoms. The summed E-state index contributed by atoms with van der Waals surface area (Å²) in [4.78, 5) is 19.7. The number of hydrogen-bond donors (Lipinski definition) is 2. The number of nitrogens with one attached hydrogen (secondary N) is 1. The van der Waals surface area contributed by atoms with Crippen LogP contribution in [0, 0.1) is 13.8 Å². The van der Waals surface area contributed by atoms with Crippen LogP contribution in [-0.4, -0.2) is 53.7 Å². The highest BCUT2D eigenvalue weighted by molar-refractivity contribution is 5.95. The second-order valence-corrected chi connectivity index (χ2v) is 9.45. The molecule has 1 atom stereocenters. The summed E-state index contributed by atoms with van der Waals surface area (Å²) in [6.07, 6.45) is 3.32. The van der Waals surface area contributed by atoms with Gasteiger partial charge in [0.15, 0.2) is 0 Å². The molecule has 2 heterocycles. The number of methoxy groups -OCH3 is 1. The number of hydrogen-bond acceptors (Lipinski definition) is 5. The number of aromatic nitrogens is 1. The van der Waals surface area contributed by atoms with Crippen LogP contribution in [0.5, 0.6) is 0 Å². The molecule has 1 saturated heterocycles. The fourth-order valence-electron chi connectivity index (χ4n) is 4.45. The molecule has 4 rings (SSSR count). The Morgan fingerprint density at radius 1 is 1.09 bits per heavy atom. The Bertz CT molecular complexity index is 1120. The largest absolute Gasteiger partial charge is 0.387 e. The van der Waals surface area contributed by atoms with Crippen LogP contribution in [0.25, 0.3) is 11.1 Å². The van der Waals surface area contributed by atoms with Gasteiger partial charge in [-0.1, -0.05) is 35.9 Å². The number of aryl methyl sites for hydroxylation is 2. The summed E-state index contributed by atoms with van der Waals surface area (Å²) in [5, 5.41) is 14.1. The van der Waals surface area contributed by atoms with E-state index in [1.54, 1.807) is 13.3 Å². The van der Waals surface area contributed by atoms with E-state index in [9.17, 15) is 9.90 Å². The summed E-state index contributed by atoms with van der Waals surface area (Å²) >= 11 is 0. The van der Waals surface area contributed by atoms with E-state index in [0.717, 1.165) is 53.9 Å². The van der Waals surface area contributed by atoms with Crippen molar-refractivity contribution in [3.05, 3.63) is 88.7 Å². The quantitative estimate of drug-likeness (QED) is 0.506. The molecule has 0 saturated carbocycles. The Kier molecular flexibility index (Phi) is 8.29. The van der Waals surface area contributed by atoms with Crippen LogP contribution >= 0.6 is 0 Å². The van der Waals surface area contributed by atoms with Crippen LogP contribution < -0.4 is 5.32 Å². The molecule has 1 aromatic heterocycles. The Morgan fingerprint density at radius 2 is 1.83 bits per heavy atom. The van der Waals surface area contributed by atoms with Crippen LogP contribution in [0.3, 0.4) is 0 Å². The van der Waals surface area contributed by atoms with Gasteiger partial charge >= 0.3 is 0 Å². The van der Waals surface area contributed by atoms with Gasteiger partial charge < -0.3 is 20.1 Å². The summed E-state index contributed by atoms with van der Waals surface area (Å²) in [6, 6.07) is 17.8. The summed E-state index contributed by atoms with van der Waals surface area (Å²) in [5.41, 5.74) is 6.28. The van der Waals surface area contributed by atoms with Gasteiger partial charge in [-0.25, -0.2) is 0 Å². The number of carbonyl (C=O) groups excluding carboxylic acids is 1. The lowest BCUT2D eigenvalue weighted by atomic mass is 9.96. The van der Waals surface area contributed by atoms with Crippen molar-refractivity contribution in [2.45, 2.75) is 45.4 Å². The number of ether oxygens (including phenoxy) is 1. The number of pyridine rings is 1. The second-order valence-electron chi connectivity index (χ2n) is 9.45. The first-order valence-electron chi connectivity index (χ1n) is 12.3. The van der Waals surface area contributed by atoms with E-state index in [-0.39, 0.29) is 5.91 Å². The van der Waals surface area contributed by atoms with Crippen molar-refractivity contribution in [1.82, 2.24) is 15.2 Å². The minimum atomic E-state index is -0.688. The predicted molar refractivity (Wildman–Crippen MR) is 138 cm³/mol. The Labute approximate surface area is 208 Å². The van der Waals surface area contributed by atoms with Gasteiger partial charge in [-0.3, -0.25) is 9.78 Å². The molecule has 184 valence electrons. The van der Waals surface area contributed by atoms with Gasteiger partial charge in [-0.2, -0.15) is 0 Å². The highest BCUT2D eigenvalue weighted by Gasteiger charge is 2.22. The fourth-order valence-corrected chi connectivity index (χ4v) is 4.45. The molecule has 1 aliphatic rings.